The summed E-state index contributed by atoms with van der Waals surface area (Å²) in [6, 6.07) is 3.48. The summed E-state index contributed by atoms with van der Waals surface area (Å²) in [4.78, 5) is 0. The maximum absolute atomic E-state index is 12.0. The van der Waals surface area contributed by atoms with Crippen LogP contribution in [0.1, 0.15) is 335 Å². The lowest BCUT2D eigenvalue weighted by Gasteiger charge is -2.19. The van der Waals surface area contributed by atoms with Crippen molar-refractivity contribution in [3.8, 4) is 17.2 Å². The second kappa shape index (κ2) is 50.5. The van der Waals surface area contributed by atoms with Gasteiger partial charge >= 0.3 is 0 Å². The highest BCUT2D eigenvalue weighted by Gasteiger charge is 2.19. The number of ether oxygens (including phenoxy) is 3. The maximum Gasteiger partial charge on any atom is 0.269 e. The van der Waals surface area contributed by atoms with E-state index in [1.54, 1.807) is 12.1 Å². The highest BCUT2D eigenvalue weighted by atomic mass is 32.2. The normalized spacial score (nSPS) is 11.8. The quantitative estimate of drug-likeness (QED) is 0.0517. The molecule has 7 heteroatoms. The van der Waals surface area contributed by atoms with Gasteiger partial charge in [-0.3, -0.25) is 4.55 Å². The van der Waals surface area contributed by atoms with Gasteiger partial charge in [-0.25, -0.2) is 0 Å². The Bertz CT molecular complexity index is 1220. The lowest BCUT2D eigenvalue weighted by molar-refractivity contribution is 0.234. The minimum atomic E-state index is -4.23. The van der Waals surface area contributed by atoms with E-state index in [-0.39, 0.29) is 0 Å². The molecular weight excluding hydrogens is 861 g/mol. The van der Waals surface area contributed by atoms with Crippen LogP contribution in [0.2, 0.25) is 0 Å². The fraction of sp³-hybridized carbons (Fsp3) is 0.902. The summed E-state index contributed by atoms with van der Waals surface area (Å²) in [5.41, 5.74) is 0.464. The molecule has 0 aromatic heterocycles. The molecule has 0 aliphatic heterocycles. The molecule has 0 aliphatic carbocycles. The standard InChI is InChI=1S/C61H116O6S/c1-4-7-10-13-16-19-22-25-28-31-34-37-40-43-46-49-52-65-59-55-58(57-68(62,63)64)56-60(66-53-50-47-44-41-38-35-32-29-26-23-20-17-14-11-8-5-2)61(59)67-54-51-48-45-42-39-36-33-30-27-24-21-18-15-12-9-6-3/h55-56H,4-54,57H2,1-3H3,(H,62,63,64). The van der Waals surface area contributed by atoms with E-state index in [1.807, 2.05) is 0 Å². The van der Waals surface area contributed by atoms with Crippen LogP contribution in [0.4, 0.5) is 0 Å². The predicted octanol–water partition coefficient (Wildman–Crippen LogP) is 21.0. The molecule has 0 heterocycles. The topological polar surface area (TPSA) is 82.1 Å². The molecule has 0 amide bonds. The van der Waals surface area contributed by atoms with Crippen LogP contribution in [0.15, 0.2) is 12.1 Å². The molecule has 1 rings (SSSR count). The first kappa shape index (κ1) is 64.5. The van der Waals surface area contributed by atoms with Crippen LogP contribution in [-0.4, -0.2) is 32.8 Å². The lowest BCUT2D eigenvalue weighted by Crippen LogP contribution is -2.08. The van der Waals surface area contributed by atoms with E-state index in [2.05, 4.69) is 20.8 Å². The number of rotatable bonds is 56. The van der Waals surface area contributed by atoms with Crippen LogP contribution < -0.4 is 14.2 Å². The van der Waals surface area contributed by atoms with Crippen molar-refractivity contribution in [2.24, 2.45) is 0 Å². The van der Waals surface area contributed by atoms with Crippen molar-refractivity contribution in [2.45, 2.75) is 335 Å². The van der Waals surface area contributed by atoms with Crippen molar-refractivity contribution in [3.05, 3.63) is 17.7 Å². The van der Waals surface area contributed by atoms with Gasteiger partial charge in [0.05, 0.1) is 19.8 Å². The molecule has 1 aromatic carbocycles. The van der Waals surface area contributed by atoms with Crippen molar-refractivity contribution in [2.75, 3.05) is 19.8 Å². The van der Waals surface area contributed by atoms with E-state index < -0.39 is 15.9 Å². The van der Waals surface area contributed by atoms with Gasteiger partial charge in [0.1, 0.15) is 5.75 Å². The van der Waals surface area contributed by atoms with Gasteiger partial charge in [-0.2, -0.15) is 8.42 Å². The largest absolute Gasteiger partial charge is 0.490 e. The van der Waals surface area contributed by atoms with Gasteiger partial charge in [-0.15, -0.1) is 0 Å². The van der Waals surface area contributed by atoms with Crippen LogP contribution in [-0.2, 0) is 15.9 Å². The van der Waals surface area contributed by atoms with Crippen LogP contribution >= 0.6 is 0 Å². The summed E-state index contributed by atoms with van der Waals surface area (Å²) in [5, 5.41) is 0. The molecule has 1 N–H and O–H groups in total. The Hall–Kier alpha value is -1.47. The van der Waals surface area contributed by atoms with Gasteiger partial charge in [-0.05, 0) is 37.0 Å². The molecule has 0 bridgehead atoms. The molecule has 0 saturated carbocycles. The molecule has 0 saturated heterocycles. The van der Waals surface area contributed by atoms with E-state index in [9.17, 15) is 13.0 Å². The SMILES string of the molecule is CCCCCCCCCCCCCCCCCCOc1cc(CS(=O)(=O)O)cc(OCCCCCCCCCCCCCCCCCC)c1OCCCCCCCCCCCCCCCCCC. The zero-order chi connectivity index (χ0) is 49.1. The number of hydrogen-bond donors (Lipinski definition) is 1. The van der Waals surface area contributed by atoms with E-state index in [0.29, 0.717) is 42.6 Å². The van der Waals surface area contributed by atoms with Crippen molar-refractivity contribution in [3.63, 3.8) is 0 Å². The first-order chi connectivity index (χ1) is 33.4. The van der Waals surface area contributed by atoms with Gasteiger partial charge < -0.3 is 14.2 Å². The van der Waals surface area contributed by atoms with Crippen LogP contribution in [0.3, 0.4) is 0 Å². The van der Waals surface area contributed by atoms with Gasteiger partial charge in [0.15, 0.2) is 11.5 Å². The van der Waals surface area contributed by atoms with Gasteiger partial charge in [-0.1, -0.05) is 310 Å². The molecule has 6 nitrogen and oxygen atoms in total. The monoisotopic (exact) mass is 977 g/mol. The van der Waals surface area contributed by atoms with Crippen LogP contribution in [0.5, 0.6) is 17.2 Å². The fourth-order valence-corrected chi connectivity index (χ4v) is 10.4. The average Bonchev–Trinajstić information content (AvgIpc) is 3.32. The zero-order valence-corrected chi connectivity index (χ0v) is 46.6. The van der Waals surface area contributed by atoms with E-state index in [1.165, 1.54) is 270 Å². The average molecular weight is 978 g/mol. The minimum absolute atomic E-state index is 0.464. The summed E-state index contributed by atoms with van der Waals surface area (Å²) in [7, 11) is -4.23. The molecule has 0 aliphatic rings. The Labute approximate surface area is 424 Å². The summed E-state index contributed by atoms with van der Waals surface area (Å²) >= 11 is 0. The highest BCUT2D eigenvalue weighted by Crippen LogP contribution is 2.40. The Morgan fingerprint density at radius 3 is 0.706 bits per heavy atom. The Morgan fingerprint density at radius 2 is 0.500 bits per heavy atom. The zero-order valence-electron chi connectivity index (χ0n) is 45.8. The highest BCUT2D eigenvalue weighted by molar-refractivity contribution is 7.85. The van der Waals surface area contributed by atoms with Crippen LogP contribution in [0, 0.1) is 0 Å². The summed E-state index contributed by atoms with van der Waals surface area (Å²) < 4.78 is 53.2. The fourth-order valence-electron chi connectivity index (χ4n) is 9.77. The van der Waals surface area contributed by atoms with Gasteiger partial charge in [0, 0.05) is 0 Å². The third kappa shape index (κ3) is 44.5. The van der Waals surface area contributed by atoms with Crippen molar-refractivity contribution in [1.82, 2.24) is 0 Å². The smallest absolute Gasteiger partial charge is 0.269 e. The first-order valence-corrected chi connectivity index (χ1v) is 32.0. The summed E-state index contributed by atoms with van der Waals surface area (Å²) in [6.45, 7) is 8.52. The Balaban J connectivity index is 2.56. The third-order valence-corrected chi connectivity index (χ3v) is 14.9. The first-order valence-electron chi connectivity index (χ1n) is 30.4. The van der Waals surface area contributed by atoms with Crippen molar-refractivity contribution < 1.29 is 27.2 Å². The molecule has 0 spiro atoms. The maximum atomic E-state index is 12.0. The summed E-state index contributed by atoms with van der Waals surface area (Å²) in [6.07, 6.45) is 63.5. The number of unbranched alkanes of at least 4 members (excludes halogenated alkanes) is 45. The molecule has 68 heavy (non-hydrogen) atoms. The molecule has 402 valence electrons. The number of hydrogen-bond acceptors (Lipinski definition) is 5. The Morgan fingerprint density at radius 1 is 0.309 bits per heavy atom. The predicted molar refractivity (Wildman–Crippen MR) is 297 cm³/mol. The third-order valence-electron chi connectivity index (χ3n) is 14.2. The lowest BCUT2D eigenvalue weighted by atomic mass is 10.0. The summed E-state index contributed by atoms with van der Waals surface area (Å²) in [5.74, 6) is 1.17. The van der Waals surface area contributed by atoms with E-state index in [0.717, 1.165) is 38.5 Å². The molecule has 0 radical (unpaired) electrons. The molecule has 1 aromatic rings. The molecular formula is C61H116O6S. The van der Waals surface area contributed by atoms with Gasteiger partial charge in [0.25, 0.3) is 10.1 Å². The molecule has 0 atom stereocenters. The second-order valence-corrected chi connectivity index (χ2v) is 22.6. The van der Waals surface area contributed by atoms with Crippen LogP contribution in [0.25, 0.3) is 0 Å². The van der Waals surface area contributed by atoms with Crippen molar-refractivity contribution >= 4 is 10.1 Å². The minimum Gasteiger partial charge on any atom is -0.490 e. The Kier molecular flexibility index (Phi) is 47.9. The molecule has 0 fully saturated rings. The van der Waals surface area contributed by atoms with Gasteiger partial charge in [0.2, 0.25) is 5.75 Å². The van der Waals surface area contributed by atoms with Crippen molar-refractivity contribution in [1.29, 1.82) is 0 Å². The molecule has 0 unspecified atom stereocenters. The number of benzene rings is 1. The van der Waals surface area contributed by atoms with E-state index in [4.69, 9.17) is 14.2 Å². The second-order valence-electron chi connectivity index (χ2n) is 21.1. The van der Waals surface area contributed by atoms with E-state index >= 15 is 0 Å².